The van der Waals surface area contributed by atoms with E-state index in [9.17, 15) is 9.59 Å². The third kappa shape index (κ3) is 7.96. The molecule has 2 aliphatic rings. The van der Waals surface area contributed by atoms with Crippen molar-refractivity contribution < 1.29 is 15.1 Å². The first-order chi connectivity index (χ1) is 15.2. The summed E-state index contributed by atoms with van der Waals surface area (Å²) >= 11 is 6.07. The van der Waals surface area contributed by atoms with Gasteiger partial charge in [0.2, 0.25) is 11.8 Å². The van der Waals surface area contributed by atoms with E-state index in [2.05, 4.69) is 36.2 Å². The van der Waals surface area contributed by atoms with E-state index < -0.39 is 6.04 Å². The second kappa shape index (κ2) is 13.5. The zero-order valence-corrected chi connectivity index (χ0v) is 21.5. The van der Waals surface area contributed by atoms with Crippen LogP contribution in [0.4, 0.5) is 0 Å². The Kier molecular flexibility index (Phi) is 12.0. The van der Waals surface area contributed by atoms with E-state index >= 15 is 0 Å². The minimum absolute atomic E-state index is 0. The maximum atomic E-state index is 13.4. The van der Waals surface area contributed by atoms with Gasteiger partial charge in [0.05, 0.1) is 0 Å². The van der Waals surface area contributed by atoms with Gasteiger partial charge in [0, 0.05) is 31.1 Å². The molecule has 1 aromatic carbocycles. The van der Waals surface area contributed by atoms with E-state index in [1.54, 1.807) is 0 Å². The molecule has 7 heteroatoms. The molecule has 0 spiro atoms. The van der Waals surface area contributed by atoms with Crippen LogP contribution in [0.15, 0.2) is 24.3 Å². The summed E-state index contributed by atoms with van der Waals surface area (Å²) in [7, 11) is 0. The maximum Gasteiger partial charge on any atom is 0.245 e. The summed E-state index contributed by atoms with van der Waals surface area (Å²) < 4.78 is 0. The summed E-state index contributed by atoms with van der Waals surface area (Å²) in [5.41, 5.74) is 1.22. The first-order valence-electron chi connectivity index (χ1n) is 12.2. The van der Waals surface area contributed by atoms with Crippen molar-refractivity contribution in [3.63, 3.8) is 0 Å². The van der Waals surface area contributed by atoms with Gasteiger partial charge in [-0.1, -0.05) is 65.3 Å². The molecule has 0 radical (unpaired) electrons. The normalized spacial score (nSPS) is 21.2. The summed E-state index contributed by atoms with van der Waals surface area (Å²) in [4.78, 5) is 30.4. The molecule has 2 fully saturated rings. The summed E-state index contributed by atoms with van der Waals surface area (Å²) in [6.07, 6.45) is 5.10. The number of carbonyl (C=O) groups is 2. The predicted molar refractivity (Wildman–Crippen MR) is 141 cm³/mol. The van der Waals surface area contributed by atoms with Gasteiger partial charge in [-0.05, 0) is 67.3 Å². The van der Waals surface area contributed by atoms with Crippen molar-refractivity contribution in [2.75, 3.05) is 32.7 Å². The van der Waals surface area contributed by atoms with Crippen molar-refractivity contribution in [3.05, 3.63) is 34.9 Å². The average molecular weight is 496 g/mol. The summed E-state index contributed by atoms with van der Waals surface area (Å²) in [6.45, 7) is 12.8. The molecule has 3 N–H and O–H groups in total. The highest BCUT2D eigenvalue weighted by Gasteiger charge is 2.40. The summed E-state index contributed by atoms with van der Waals surface area (Å²) in [5.74, 6) is 0.464. The highest BCUT2D eigenvalue weighted by Crippen LogP contribution is 2.42. The number of hydrogen-bond acceptors (Lipinski definition) is 3. The van der Waals surface area contributed by atoms with E-state index in [0.29, 0.717) is 25.4 Å². The van der Waals surface area contributed by atoms with Crippen LogP contribution in [-0.4, -0.2) is 65.9 Å². The number of carbonyl (C=O) groups excluding carboxylic acids is 2. The highest BCUT2D eigenvalue weighted by atomic mass is 35.5. The van der Waals surface area contributed by atoms with E-state index in [-0.39, 0.29) is 36.1 Å². The molecule has 6 nitrogen and oxygen atoms in total. The lowest BCUT2D eigenvalue weighted by Crippen LogP contribution is -2.56. The van der Waals surface area contributed by atoms with Crippen molar-refractivity contribution in [2.24, 2.45) is 11.3 Å². The second-order valence-electron chi connectivity index (χ2n) is 10.6. The number of rotatable bonds is 7. The van der Waals surface area contributed by atoms with Crippen molar-refractivity contribution in [1.29, 1.82) is 0 Å². The standard InChI is InChI=1S/C26H40ClN3O2.CH4.H2O/c1-19(2)24(28-23(31)13-16-29-14-6-5-7-15-29)25(32)30-17-12-22(26(3,4)18-30)20-8-10-21(27)11-9-20;;/h8-11,19,22,24H,5-7,12-18H2,1-4H3,(H,28,31);1H4;1H2/t22-,24-;;/m1../s1. The molecule has 1 aromatic rings. The number of piperidine rings is 2. The number of nitrogens with zero attached hydrogens (tertiary/aromatic N) is 2. The molecule has 2 saturated heterocycles. The summed E-state index contributed by atoms with van der Waals surface area (Å²) in [5, 5.41) is 3.80. The van der Waals surface area contributed by atoms with Gasteiger partial charge in [-0.2, -0.15) is 0 Å². The molecule has 3 rings (SSSR count). The molecular formula is C27H46ClN3O3. The van der Waals surface area contributed by atoms with Gasteiger partial charge >= 0.3 is 0 Å². The third-order valence-electron chi connectivity index (χ3n) is 7.17. The quantitative estimate of drug-likeness (QED) is 0.603. The van der Waals surface area contributed by atoms with Crippen LogP contribution in [0.5, 0.6) is 0 Å². The number of amides is 2. The number of nitrogens with one attached hydrogen (secondary N) is 1. The lowest BCUT2D eigenvalue weighted by molar-refractivity contribution is -0.140. The Morgan fingerprint density at radius 3 is 2.26 bits per heavy atom. The van der Waals surface area contributed by atoms with E-state index in [1.165, 1.54) is 24.8 Å². The van der Waals surface area contributed by atoms with Crippen LogP contribution in [0.2, 0.25) is 5.02 Å². The molecule has 2 amide bonds. The van der Waals surface area contributed by atoms with E-state index in [0.717, 1.165) is 31.1 Å². The highest BCUT2D eigenvalue weighted by molar-refractivity contribution is 6.30. The van der Waals surface area contributed by atoms with Gasteiger partial charge in [0.1, 0.15) is 6.04 Å². The fourth-order valence-electron chi connectivity index (χ4n) is 5.26. The molecule has 0 bridgehead atoms. The zero-order chi connectivity index (χ0) is 23.3. The minimum Gasteiger partial charge on any atom is -0.412 e. The van der Waals surface area contributed by atoms with Gasteiger partial charge in [-0.25, -0.2) is 0 Å². The first kappa shape index (κ1) is 30.4. The van der Waals surface area contributed by atoms with E-state index in [1.807, 2.05) is 30.9 Å². The Morgan fingerprint density at radius 1 is 1.09 bits per heavy atom. The minimum atomic E-state index is -0.466. The van der Waals surface area contributed by atoms with Gasteiger partial charge in [0.15, 0.2) is 0 Å². The topological polar surface area (TPSA) is 84.2 Å². The summed E-state index contributed by atoms with van der Waals surface area (Å²) in [6, 6.07) is 7.63. The molecule has 194 valence electrons. The predicted octanol–water partition coefficient (Wildman–Crippen LogP) is 4.51. The van der Waals surface area contributed by atoms with Crippen LogP contribution in [0.25, 0.3) is 0 Å². The Morgan fingerprint density at radius 2 is 1.71 bits per heavy atom. The number of likely N-dealkylation sites (tertiary alicyclic amines) is 2. The largest absolute Gasteiger partial charge is 0.412 e. The van der Waals surface area contributed by atoms with Crippen LogP contribution in [0.1, 0.15) is 78.7 Å². The van der Waals surface area contributed by atoms with Crippen LogP contribution >= 0.6 is 11.6 Å². The molecule has 2 heterocycles. The van der Waals surface area contributed by atoms with Crippen molar-refractivity contribution in [1.82, 2.24) is 15.1 Å². The van der Waals surface area contributed by atoms with Gasteiger partial charge < -0.3 is 20.6 Å². The van der Waals surface area contributed by atoms with Crippen molar-refractivity contribution in [2.45, 2.75) is 79.2 Å². The Hall–Kier alpha value is -1.63. The van der Waals surface area contributed by atoms with Gasteiger partial charge in [0.25, 0.3) is 0 Å². The number of benzene rings is 1. The molecule has 2 aliphatic heterocycles. The lowest BCUT2D eigenvalue weighted by Gasteiger charge is -2.45. The van der Waals surface area contributed by atoms with Crippen molar-refractivity contribution in [3.8, 4) is 0 Å². The van der Waals surface area contributed by atoms with Crippen LogP contribution in [-0.2, 0) is 9.59 Å². The molecule has 34 heavy (non-hydrogen) atoms. The maximum absolute atomic E-state index is 13.4. The Balaban J connectivity index is 0.00000289. The molecule has 0 saturated carbocycles. The van der Waals surface area contributed by atoms with Gasteiger partial charge in [-0.3, -0.25) is 9.59 Å². The Bertz CT molecular complexity index is 776. The SMILES string of the molecule is C.CC(C)[C@@H](NC(=O)CCN1CCCCC1)C(=O)N1CC[C@H](c2ccc(Cl)cc2)C(C)(C)C1.O. The number of halogens is 1. The molecule has 0 unspecified atom stereocenters. The molecule has 0 aliphatic carbocycles. The monoisotopic (exact) mass is 495 g/mol. The average Bonchev–Trinajstić information content (AvgIpc) is 2.76. The van der Waals surface area contributed by atoms with Crippen LogP contribution < -0.4 is 5.32 Å². The second-order valence-corrected chi connectivity index (χ2v) is 11.0. The zero-order valence-electron chi connectivity index (χ0n) is 20.7. The fraction of sp³-hybridized carbons (Fsp3) is 0.704. The van der Waals surface area contributed by atoms with Crippen LogP contribution in [0.3, 0.4) is 0 Å². The van der Waals surface area contributed by atoms with Gasteiger partial charge in [-0.15, -0.1) is 0 Å². The fourth-order valence-corrected chi connectivity index (χ4v) is 5.38. The van der Waals surface area contributed by atoms with Crippen LogP contribution in [0, 0.1) is 11.3 Å². The number of hydrogen-bond donors (Lipinski definition) is 1. The molecular weight excluding hydrogens is 450 g/mol. The molecule has 2 atom stereocenters. The smallest absolute Gasteiger partial charge is 0.245 e. The lowest BCUT2D eigenvalue weighted by atomic mass is 9.70. The first-order valence-corrected chi connectivity index (χ1v) is 12.6. The Labute approximate surface area is 211 Å². The molecule has 0 aromatic heterocycles. The third-order valence-corrected chi connectivity index (χ3v) is 7.42. The van der Waals surface area contributed by atoms with E-state index in [4.69, 9.17) is 11.6 Å². The van der Waals surface area contributed by atoms with Crippen molar-refractivity contribution >= 4 is 23.4 Å².